The lowest BCUT2D eigenvalue weighted by Gasteiger charge is -2.35. The van der Waals surface area contributed by atoms with Gasteiger partial charge in [-0.15, -0.1) is 0 Å². The Hall–Kier alpha value is -2.35. The van der Waals surface area contributed by atoms with E-state index in [4.69, 9.17) is 11.6 Å². The molecule has 0 aliphatic carbocycles. The zero-order chi connectivity index (χ0) is 21.2. The first-order valence-corrected chi connectivity index (χ1v) is 10.6. The van der Waals surface area contributed by atoms with Crippen LogP contribution >= 0.6 is 11.6 Å². The fraction of sp³-hybridized carbons (Fsp3) is 0.417. The molecule has 0 heterocycles. The summed E-state index contributed by atoms with van der Waals surface area (Å²) < 4.78 is 0. The second kappa shape index (κ2) is 11.6. The maximum absolute atomic E-state index is 11.5. The molecule has 0 aromatic heterocycles. The van der Waals surface area contributed by atoms with Crippen LogP contribution < -0.4 is 10.2 Å². The molecule has 29 heavy (non-hydrogen) atoms. The Bertz CT molecular complexity index is 842. The van der Waals surface area contributed by atoms with Gasteiger partial charge in [-0.25, -0.2) is 0 Å². The molecule has 0 saturated heterocycles. The number of rotatable bonds is 11. The summed E-state index contributed by atoms with van der Waals surface area (Å²) in [7, 11) is 0. The van der Waals surface area contributed by atoms with Crippen LogP contribution in [0.3, 0.4) is 0 Å². The first-order valence-electron chi connectivity index (χ1n) is 10.2. The molecule has 0 aliphatic heterocycles. The molecule has 2 aromatic rings. The number of anilines is 1. The van der Waals surface area contributed by atoms with Crippen LogP contribution in [0.4, 0.5) is 5.69 Å². The summed E-state index contributed by atoms with van der Waals surface area (Å²) in [6.45, 7) is 7.80. The summed E-state index contributed by atoms with van der Waals surface area (Å²) in [4.78, 5) is 13.7. The van der Waals surface area contributed by atoms with Crippen molar-refractivity contribution < 1.29 is 4.79 Å². The Balaban J connectivity index is 2.40. The van der Waals surface area contributed by atoms with Gasteiger partial charge >= 0.3 is 0 Å². The van der Waals surface area contributed by atoms with Crippen LogP contribution in [0, 0.1) is 18.3 Å². The van der Waals surface area contributed by atoms with Gasteiger partial charge in [-0.3, -0.25) is 0 Å². The van der Waals surface area contributed by atoms with Gasteiger partial charge in [-0.1, -0.05) is 49.7 Å². The summed E-state index contributed by atoms with van der Waals surface area (Å²) in [6, 6.07) is 16.3. The van der Waals surface area contributed by atoms with E-state index in [2.05, 4.69) is 49.2 Å². The van der Waals surface area contributed by atoms with Crippen molar-refractivity contribution >= 4 is 23.6 Å². The molecule has 5 heteroatoms. The van der Waals surface area contributed by atoms with Gasteiger partial charge in [-0.05, 0) is 49.1 Å². The van der Waals surface area contributed by atoms with Crippen molar-refractivity contribution in [3.8, 4) is 6.07 Å². The number of hydrogen-bond acceptors (Lipinski definition) is 4. The van der Waals surface area contributed by atoms with Gasteiger partial charge < -0.3 is 15.0 Å². The van der Waals surface area contributed by atoms with Crippen LogP contribution in [-0.4, -0.2) is 24.9 Å². The molecule has 0 saturated carbocycles. The Labute approximate surface area is 179 Å². The van der Waals surface area contributed by atoms with E-state index in [-0.39, 0.29) is 6.04 Å². The van der Waals surface area contributed by atoms with Crippen LogP contribution in [0.5, 0.6) is 0 Å². The first-order chi connectivity index (χ1) is 14.0. The lowest BCUT2D eigenvalue weighted by molar-refractivity contribution is -0.108. The number of aryl methyl sites for hydroxylation is 1. The number of hydrogen-bond donors (Lipinski definition) is 1. The van der Waals surface area contributed by atoms with Crippen molar-refractivity contribution in [3.05, 3.63) is 64.2 Å². The van der Waals surface area contributed by atoms with Gasteiger partial charge in [0.2, 0.25) is 0 Å². The van der Waals surface area contributed by atoms with Gasteiger partial charge in [0, 0.05) is 37.3 Å². The molecular formula is C24H30ClN3O. The molecule has 1 atom stereocenters. The summed E-state index contributed by atoms with van der Waals surface area (Å²) in [6.07, 6.45) is 3.49. The molecule has 0 fully saturated rings. The predicted octanol–water partition coefficient (Wildman–Crippen LogP) is 5.26. The van der Waals surface area contributed by atoms with Crippen LogP contribution in [0.1, 0.15) is 49.8 Å². The van der Waals surface area contributed by atoms with Gasteiger partial charge in [0.25, 0.3) is 0 Å². The zero-order valence-electron chi connectivity index (χ0n) is 17.5. The number of nitrogens with zero attached hydrogens (tertiary/aromatic N) is 2. The average molecular weight is 412 g/mol. The second-order valence-corrected chi connectivity index (χ2v) is 7.72. The summed E-state index contributed by atoms with van der Waals surface area (Å²) in [5.74, 6) is 0. The fourth-order valence-corrected chi connectivity index (χ4v) is 3.70. The van der Waals surface area contributed by atoms with E-state index in [1.54, 1.807) is 6.07 Å². The molecule has 0 unspecified atom stereocenters. The molecule has 154 valence electrons. The number of nitriles is 1. The number of benzene rings is 2. The molecule has 4 nitrogen and oxygen atoms in total. The highest BCUT2D eigenvalue weighted by molar-refractivity contribution is 6.32. The lowest BCUT2D eigenvalue weighted by Crippen LogP contribution is -2.45. The van der Waals surface area contributed by atoms with E-state index in [9.17, 15) is 10.1 Å². The summed E-state index contributed by atoms with van der Waals surface area (Å²) in [5, 5.41) is 13.2. The third kappa shape index (κ3) is 6.32. The molecule has 1 N–H and O–H groups in total. The minimum atomic E-state index is -0.0169. The predicted molar refractivity (Wildman–Crippen MR) is 120 cm³/mol. The van der Waals surface area contributed by atoms with Gasteiger partial charge in [-0.2, -0.15) is 5.26 Å². The van der Waals surface area contributed by atoms with Crippen LogP contribution in [0.15, 0.2) is 42.5 Å². The van der Waals surface area contributed by atoms with Crippen molar-refractivity contribution in [1.82, 2.24) is 5.32 Å². The van der Waals surface area contributed by atoms with Gasteiger partial charge in [0.1, 0.15) is 12.4 Å². The Kier molecular flexibility index (Phi) is 9.18. The van der Waals surface area contributed by atoms with Crippen molar-refractivity contribution in [3.63, 3.8) is 0 Å². The topological polar surface area (TPSA) is 56.1 Å². The third-order valence-electron chi connectivity index (χ3n) is 5.44. The second-order valence-electron chi connectivity index (χ2n) is 7.31. The lowest BCUT2D eigenvalue weighted by atomic mass is 10.0. The number of halogens is 1. The molecule has 2 rings (SSSR count). The van der Waals surface area contributed by atoms with Crippen LogP contribution in [-0.2, 0) is 11.3 Å². The summed E-state index contributed by atoms with van der Waals surface area (Å²) in [5.41, 5.74) is 3.77. The van der Waals surface area contributed by atoms with E-state index < -0.39 is 0 Å². The molecule has 0 aliphatic rings. The van der Waals surface area contributed by atoms with Gasteiger partial charge in [0.15, 0.2) is 0 Å². The minimum Gasteiger partial charge on any atom is -0.362 e. The molecule has 0 radical (unpaired) electrons. The Morgan fingerprint density at radius 1 is 1.21 bits per heavy atom. The quantitative estimate of drug-likeness (QED) is 0.512. The highest BCUT2D eigenvalue weighted by Crippen LogP contribution is 2.27. The molecular weight excluding hydrogens is 382 g/mol. The smallest absolute Gasteiger partial charge is 0.122 e. The maximum atomic E-state index is 11.5. The van der Waals surface area contributed by atoms with E-state index in [1.807, 2.05) is 24.3 Å². The number of carbonyl (C=O) groups is 1. The number of carbonyl (C=O) groups excluding carboxylic acids is 1. The van der Waals surface area contributed by atoms with Gasteiger partial charge in [0.05, 0.1) is 10.6 Å². The highest BCUT2D eigenvalue weighted by atomic mass is 35.5. The third-order valence-corrected chi connectivity index (χ3v) is 5.76. The normalized spacial score (nSPS) is 11.9. The van der Waals surface area contributed by atoms with Crippen molar-refractivity contribution in [1.29, 1.82) is 5.26 Å². The Morgan fingerprint density at radius 2 is 1.93 bits per heavy atom. The van der Waals surface area contributed by atoms with E-state index in [1.165, 1.54) is 11.1 Å². The van der Waals surface area contributed by atoms with Crippen molar-refractivity contribution in [2.45, 2.75) is 58.7 Å². The molecule has 2 aromatic carbocycles. The number of nitrogens with one attached hydrogen (secondary N) is 1. The van der Waals surface area contributed by atoms with Crippen LogP contribution in [0.25, 0.3) is 0 Å². The Morgan fingerprint density at radius 3 is 2.52 bits per heavy atom. The molecule has 0 spiro atoms. The van der Waals surface area contributed by atoms with E-state index in [0.29, 0.717) is 36.1 Å². The zero-order valence-corrected chi connectivity index (χ0v) is 18.2. The monoisotopic (exact) mass is 411 g/mol. The van der Waals surface area contributed by atoms with E-state index in [0.717, 1.165) is 24.8 Å². The molecule has 0 bridgehead atoms. The fourth-order valence-electron chi connectivity index (χ4n) is 3.49. The highest BCUT2D eigenvalue weighted by Gasteiger charge is 2.21. The summed E-state index contributed by atoms with van der Waals surface area (Å²) >= 11 is 6.33. The SMILES string of the molecule is CCC(CC)NC[C@H](CC=O)N(Cc1ccccc1C)c1ccc(C#N)c(Cl)c1. The number of aldehydes is 1. The molecule has 0 amide bonds. The van der Waals surface area contributed by atoms with Crippen LogP contribution in [0.2, 0.25) is 5.02 Å². The standard InChI is InChI=1S/C24H30ClN3O/c1-4-21(5-2)27-16-23(12-13-29)28(17-20-9-7-6-8-18(20)3)22-11-10-19(15-26)24(25)14-22/h6-11,13-14,21,23,27H,4-5,12,16-17H2,1-3H3/t23-/m0/s1. The van der Waals surface area contributed by atoms with E-state index >= 15 is 0 Å². The largest absolute Gasteiger partial charge is 0.362 e. The van der Waals surface area contributed by atoms with Crippen molar-refractivity contribution in [2.24, 2.45) is 0 Å². The van der Waals surface area contributed by atoms with Crippen molar-refractivity contribution in [2.75, 3.05) is 11.4 Å². The maximum Gasteiger partial charge on any atom is 0.122 e. The minimum absolute atomic E-state index is 0.0169. The first kappa shape index (κ1) is 22.9. The average Bonchev–Trinajstić information content (AvgIpc) is 2.73.